The van der Waals surface area contributed by atoms with E-state index in [0.717, 1.165) is 12.1 Å². The van der Waals surface area contributed by atoms with Gasteiger partial charge in [-0.05, 0) is 12.1 Å². The molecule has 0 atom stereocenters. The fourth-order valence-electron chi connectivity index (χ4n) is 1.15. The van der Waals surface area contributed by atoms with Gasteiger partial charge in [0.2, 0.25) is 11.8 Å². The van der Waals surface area contributed by atoms with Crippen molar-refractivity contribution in [3.8, 4) is 11.8 Å². The van der Waals surface area contributed by atoms with Crippen LogP contribution < -0.4 is 4.84 Å². The number of carbonyl (C=O) groups is 1. The number of carbonyl (C=O) groups excluding carboxylic acids is 1. The van der Waals surface area contributed by atoms with Crippen molar-refractivity contribution in [1.82, 2.24) is 9.71 Å². The minimum Gasteiger partial charge on any atom is -0.493 e. The Kier molecular flexibility index (Phi) is 2.47. The van der Waals surface area contributed by atoms with Crippen LogP contribution in [0.1, 0.15) is 10.4 Å². The van der Waals surface area contributed by atoms with E-state index in [2.05, 4.69) is 4.98 Å². The summed E-state index contributed by atoms with van der Waals surface area (Å²) in [5.41, 5.74) is 0.0127. The molecule has 0 aliphatic heterocycles. The van der Waals surface area contributed by atoms with Crippen LogP contribution in [0.25, 0.3) is 0 Å². The van der Waals surface area contributed by atoms with Gasteiger partial charge in [0.05, 0.1) is 5.56 Å². The molecule has 82 valence electrons. The molecule has 0 saturated heterocycles. The second kappa shape index (κ2) is 3.93. The minimum atomic E-state index is -0.704. The molecule has 16 heavy (non-hydrogen) atoms. The quantitative estimate of drug-likeness (QED) is 0.772. The highest BCUT2D eigenvalue weighted by molar-refractivity contribution is 5.90. The van der Waals surface area contributed by atoms with Gasteiger partial charge in [-0.3, -0.25) is 0 Å². The van der Waals surface area contributed by atoms with Crippen molar-refractivity contribution in [2.75, 3.05) is 0 Å². The molecule has 0 unspecified atom stereocenters. The van der Waals surface area contributed by atoms with Crippen molar-refractivity contribution in [1.29, 1.82) is 0 Å². The normalized spacial score (nSPS) is 10.0. The van der Waals surface area contributed by atoms with Gasteiger partial charge >= 0.3 is 5.97 Å². The first-order chi connectivity index (χ1) is 7.65. The molecule has 0 aliphatic carbocycles. The lowest BCUT2D eigenvalue weighted by Crippen LogP contribution is -2.18. The first kappa shape index (κ1) is 10.0. The Hall–Kier alpha value is -2.50. The van der Waals surface area contributed by atoms with Gasteiger partial charge < -0.3 is 15.1 Å². The molecule has 0 aromatic carbocycles. The SMILES string of the molecule is O=C(On1cccc1)c1cc(O)nc(O)c1. The van der Waals surface area contributed by atoms with E-state index < -0.39 is 17.7 Å². The van der Waals surface area contributed by atoms with Crippen molar-refractivity contribution >= 4 is 5.97 Å². The molecule has 2 rings (SSSR count). The number of aromatic hydroxyl groups is 2. The standard InChI is InChI=1S/C10H8N2O4/c13-8-5-7(6-9(14)11-8)10(15)16-12-3-1-2-4-12/h1-6H,(H2,11,13,14). The summed E-state index contributed by atoms with van der Waals surface area (Å²) in [5.74, 6) is -1.59. The van der Waals surface area contributed by atoms with Crippen LogP contribution in [-0.4, -0.2) is 25.9 Å². The fourth-order valence-corrected chi connectivity index (χ4v) is 1.15. The maximum Gasteiger partial charge on any atom is 0.363 e. The molecule has 0 spiro atoms. The number of hydrogen-bond donors (Lipinski definition) is 2. The lowest BCUT2D eigenvalue weighted by atomic mass is 10.2. The highest BCUT2D eigenvalue weighted by Gasteiger charge is 2.11. The Labute approximate surface area is 90.3 Å². The molecule has 2 N–H and O–H groups in total. The van der Waals surface area contributed by atoms with E-state index >= 15 is 0 Å². The molecular formula is C10H8N2O4. The van der Waals surface area contributed by atoms with Gasteiger partial charge in [-0.1, -0.05) is 0 Å². The van der Waals surface area contributed by atoms with Crippen molar-refractivity contribution in [2.45, 2.75) is 0 Å². The second-order valence-electron chi connectivity index (χ2n) is 2.99. The molecule has 2 aromatic rings. The van der Waals surface area contributed by atoms with Crippen molar-refractivity contribution in [2.24, 2.45) is 0 Å². The molecule has 0 fully saturated rings. The summed E-state index contributed by atoms with van der Waals surface area (Å²) in [6.07, 6.45) is 3.08. The van der Waals surface area contributed by atoms with Gasteiger partial charge in [0.25, 0.3) is 0 Å². The van der Waals surface area contributed by atoms with Gasteiger partial charge in [0.15, 0.2) is 0 Å². The van der Waals surface area contributed by atoms with E-state index in [0.29, 0.717) is 0 Å². The van der Waals surface area contributed by atoms with E-state index in [1.165, 1.54) is 4.73 Å². The van der Waals surface area contributed by atoms with Crippen LogP contribution in [0.5, 0.6) is 11.8 Å². The minimum absolute atomic E-state index is 0.0127. The van der Waals surface area contributed by atoms with Crippen LogP contribution in [0, 0.1) is 0 Å². The third kappa shape index (κ3) is 2.11. The Morgan fingerprint density at radius 2 is 1.75 bits per heavy atom. The summed E-state index contributed by atoms with van der Waals surface area (Å²) >= 11 is 0. The van der Waals surface area contributed by atoms with E-state index in [1.54, 1.807) is 24.5 Å². The van der Waals surface area contributed by atoms with Gasteiger partial charge in [-0.25, -0.2) is 4.79 Å². The summed E-state index contributed by atoms with van der Waals surface area (Å²) in [6.45, 7) is 0. The topological polar surface area (TPSA) is 84.6 Å². The third-order valence-electron chi connectivity index (χ3n) is 1.80. The van der Waals surface area contributed by atoms with E-state index in [-0.39, 0.29) is 5.56 Å². The highest BCUT2D eigenvalue weighted by Crippen LogP contribution is 2.15. The molecule has 0 radical (unpaired) electrons. The van der Waals surface area contributed by atoms with Crippen LogP contribution in [0.4, 0.5) is 0 Å². The van der Waals surface area contributed by atoms with E-state index in [1.807, 2.05) is 0 Å². The molecule has 0 bridgehead atoms. The Bertz CT molecular complexity index is 487. The maximum absolute atomic E-state index is 11.5. The Balaban J connectivity index is 2.21. The molecule has 2 aromatic heterocycles. The van der Waals surface area contributed by atoms with Crippen molar-refractivity contribution < 1.29 is 19.8 Å². The monoisotopic (exact) mass is 220 g/mol. The molecule has 0 amide bonds. The highest BCUT2D eigenvalue weighted by atomic mass is 16.7. The van der Waals surface area contributed by atoms with Crippen molar-refractivity contribution in [3.05, 3.63) is 42.2 Å². The molecule has 6 nitrogen and oxygen atoms in total. The number of rotatable bonds is 2. The largest absolute Gasteiger partial charge is 0.493 e. The van der Waals surface area contributed by atoms with Gasteiger partial charge in [0, 0.05) is 24.5 Å². The number of aromatic nitrogens is 2. The summed E-state index contributed by atoms with van der Waals surface area (Å²) in [5, 5.41) is 18.2. The average Bonchev–Trinajstić information content (AvgIpc) is 2.68. The average molecular weight is 220 g/mol. The molecule has 0 saturated carbocycles. The molecule has 2 heterocycles. The zero-order valence-corrected chi connectivity index (χ0v) is 8.07. The first-order valence-electron chi connectivity index (χ1n) is 4.41. The lowest BCUT2D eigenvalue weighted by Gasteiger charge is -2.04. The van der Waals surface area contributed by atoms with Crippen LogP contribution in [0.15, 0.2) is 36.7 Å². The van der Waals surface area contributed by atoms with Crippen molar-refractivity contribution in [3.63, 3.8) is 0 Å². The zero-order chi connectivity index (χ0) is 11.5. The number of nitrogens with zero attached hydrogens (tertiary/aromatic N) is 2. The summed E-state index contributed by atoms with van der Waals surface area (Å²) in [4.78, 5) is 19.7. The first-order valence-corrected chi connectivity index (χ1v) is 4.41. The van der Waals surface area contributed by atoms with E-state index in [9.17, 15) is 4.79 Å². The second-order valence-corrected chi connectivity index (χ2v) is 2.99. The summed E-state index contributed by atoms with van der Waals surface area (Å²) in [6, 6.07) is 5.58. The van der Waals surface area contributed by atoms with Crippen LogP contribution >= 0.6 is 0 Å². The number of hydrogen-bond acceptors (Lipinski definition) is 5. The van der Waals surface area contributed by atoms with Crippen LogP contribution in [0.2, 0.25) is 0 Å². The Morgan fingerprint density at radius 3 is 2.31 bits per heavy atom. The number of pyridine rings is 1. The van der Waals surface area contributed by atoms with Gasteiger partial charge in [-0.2, -0.15) is 9.71 Å². The zero-order valence-electron chi connectivity index (χ0n) is 8.07. The van der Waals surface area contributed by atoms with Crippen LogP contribution in [0.3, 0.4) is 0 Å². The fraction of sp³-hybridized carbons (Fsp3) is 0. The predicted molar refractivity (Wildman–Crippen MR) is 52.9 cm³/mol. The predicted octanol–water partition coefficient (Wildman–Crippen LogP) is 0.563. The molecular weight excluding hydrogens is 212 g/mol. The van der Waals surface area contributed by atoms with Crippen LogP contribution in [-0.2, 0) is 0 Å². The van der Waals surface area contributed by atoms with E-state index in [4.69, 9.17) is 15.1 Å². The summed E-state index contributed by atoms with van der Waals surface area (Å²) < 4.78 is 1.21. The maximum atomic E-state index is 11.5. The Morgan fingerprint density at radius 1 is 1.19 bits per heavy atom. The smallest absolute Gasteiger partial charge is 0.363 e. The third-order valence-corrected chi connectivity index (χ3v) is 1.80. The van der Waals surface area contributed by atoms with Gasteiger partial charge in [0.1, 0.15) is 0 Å². The molecule has 6 heteroatoms. The molecule has 0 aliphatic rings. The lowest BCUT2D eigenvalue weighted by molar-refractivity contribution is 0.0462. The summed E-state index contributed by atoms with van der Waals surface area (Å²) in [7, 11) is 0. The van der Waals surface area contributed by atoms with Gasteiger partial charge in [-0.15, -0.1) is 0 Å².